The van der Waals surface area contributed by atoms with Crippen molar-refractivity contribution >= 4 is 55.4 Å². The molecule has 0 radical (unpaired) electrons. The zero-order valence-corrected chi connectivity index (χ0v) is 38.7. The summed E-state index contributed by atoms with van der Waals surface area (Å²) in [5.41, 5.74) is 4.96. The Morgan fingerprint density at radius 2 is 1.80 bits per heavy atom. The van der Waals surface area contributed by atoms with Crippen LogP contribution in [-0.4, -0.2) is 102 Å². The molecule has 17 heteroatoms. The summed E-state index contributed by atoms with van der Waals surface area (Å²) in [5.74, 6) is -0.869. The molecule has 6 rings (SSSR count). The van der Waals surface area contributed by atoms with Crippen molar-refractivity contribution in [1.82, 2.24) is 25.2 Å². The third-order valence-corrected chi connectivity index (χ3v) is 16.9. The fourth-order valence-corrected chi connectivity index (χ4v) is 13.6. The number of aromatic nitrogens is 1. The second-order valence-corrected chi connectivity index (χ2v) is 22.1. The smallest absolute Gasteiger partial charge is 0.408 e. The van der Waals surface area contributed by atoms with Crippen LogP contribution in [0, 0.1) is 23.7 Å². The molecular weight excluding hydrogens is 819 g/mol. The van der Waals surface area contributed by atoms with Gasteiger partial charge in [-0.2, -0.15) is 0 Å². The first-order chi connectivity index (χ1) is 28.8. The molecule has 4 fully saturated rings. The molecule has 4 aliphatic rings. The van der Waals surface area contributed by atoms with Crippen molar-refractivity contribution in [1.29, 1.82) is 0 Å². The first kappa shape index (κ1) is 47.0. The largest absolute Gasteiger partial charge is 0.444 e. The number of carbonyl (C=O) groups excluding carboxylic acids is 3. The summed E-state index contributed by atoms with van der Waals surface area (Å²) in [6, 6.07) is 5.80. The summed E-state index contributed by atoms with van der Waals surface area (Å²) < 4.78 is 41.9. The molecule has 1 aromatic heterocycles. The first-order valence-corrected chi connectivity index (χ1v) is 24.7. The van der Waals surface area contributed by atoms with Crippen LogP contribution in [0.2, 0.25) is 0 Å². The van der Waals surface area contributed by atoms with Crippen LogP contribution in [0.5, 0.6) is 0 Å². The van der Waals surface area contributed by atoms with Crippen molar-refractivity contribution in [2.75, 3.05) is 13.7 Å². The van der Waals surface area contributed by atoms with Crippen LogP contribution in [0.15, 0.2) is 29.3 Å². The molecule has 0 bridgehead atoms. The number of fused-ring (bicyclic) bond motifs is 2. The highest BCUT2D eigenvalue weighted by atomic mass is 32.2. The average molecular weight is 888 g/mol. The monoisotopic (exact) mass is 887 g/mol. The molecule has 3 heterocycles. The van der Waals surface area contributed by atoms with E-state index >= 15 is 0 Å². The fourth-order valence-electron chi connectivity index (χ4n) is 10.5. The summed E-state index contributed by atoms with van der Waals surface area (Å²) in [6.07, 6.45) is 7.38. The van der Waals surface area contributed by atoms with E-state index in [0.29, 0.717) is 50.0 Å². The third-order valence-electron chi connectivity index (χ3n) is 13.7. The van der Waals surface area contributed by atoms with Crippen LogP contribution < -0.4 is 21.1 Å². The number of guanidine groups is 1. The van der Waals surface area contributed by atoms with Gasteiger partial charge in [-0.05, 0) is 108 Å². The molecule has 6 unspecified atom stereocenters. The minimum atomic E-state index is -3.86. The topological polar surface area (TPSA) is 215 Å². The summed E-state index contributed by atoms with van der Waals surface area (Å²) >= 11 is 1.34. The Labute approximate surface area is 365 Å². The second kappa shape index (κ2) is 19.5. The van der Waals surface area contributed by atoms with Gasteiger partial charge in [0, 0.05) is 19.7 Å². The van der Waals surface area contributed by atoms with Crippen LogP contribution >= 0.6 is 11.3 Å². The lowest BCUT2D eigenvalue weighted by Gasteiger charge is -2.47. The molecule has 1 aromatic carbocycles. The van der Waals surface area contributed by atoms with E-state index in [0.717, 1.165) is 42.3 Å². The Morgan fingerprint density at radius 3 is 2.49 bits per heavy atom. The Balaban J connectivity index is 1.18. The van der Waals surface area contributed by atoms with E-state index in [1.54, 1.807) is 32.8 Å². The van der Waals surface area contributed by atoms with Gasteiger partial charge in [0.2, 0.25) is 27.8 Å². The number of hydrogen-bond donors (Lipinski definition) is 5. The number of benzene rings is 1. The molecule has 15 nitrogen and oxygen atoms in total. The molecule has 0 spiro atoms. The molecule has 2 aliphatic heterocycles. The van der Waals surface area contributed by atoms with Gasteiger partial charge in [-0.1, -0.05) is 65.0 Å². The summed E-state index contributed by atoms with van der Waals surface area (Å²) in [6.45, 7) is 11.3. The number of ether oxygens (including phenoxy) is 2. The van der Waals surface area contributed by atoms with Crippen molar-refractivity contribution in [3.05, 3.63) is 29.3 Å². The quantitative estimate of drug-likeness (QED) is 0.0859. The predicted octanol–water partition coefficient (Wildman–Crippen LogP) is 5.91. The van der Waals surface area contributed by atoms with Gasteiger partial charge in [-0.3, -0.25) is 19.3 Å². The minimum absolute atomic E-state index is 0.0228. The number of carbonyl (C=O) groups is 3. The number of sulfonamides is 1. The number of nitrogens with zero attached hydrogens (tertiary/aromatic N) is 3. The van der Waals surface area contributed by atoms with E-state index in [1.807, 2.05) is 45.0 Å². The molecular formula is C44H69N7O8S2. The van der Waals surface area contributed by atoms with Crippen LogP contribution in [0.3, 0.4) is 0 Å². The number of nitrogens with two attached hydrogens (primary N) is 1. The molecule has 10 atom stereocenters. The Bertz CT molecular complexity index is 1970. The van der Waals surface area contributed by atoms with E-state index < -0.39 is 50.7 Å². The van der Waals surface area contributed by atoms with E-state index in [2.05, 4.69) is 25.3 Å². The fraction of sp³-hybridized carbons (Fsp3) is 0.750. The van der Waals surface area contributed by atoms with Gasteiger partial charge in [0.05, 0.1) is 27.6 Å². The van der Waals surface area contributed by atoms with E-state index in [9.17, 15) is 27.9 Å². The number of piperidine rings is 1. The number of hydrogen-bond acceptors (Lipinski definition) is 11. The maximum absolute atomic E-state index is 14.9. The van der Waals surface area contributed by atoms with E-state index in [-0.39, 0.29) is 66.6 Å². The molecule has 3 amide bonds. The van der Waals surface area contributed by atoms with Gasteiger partial charge >= 0.3 is 6.09 Å². The number of thiazole rings is 1. The van der Waals surface area contributed by atoms with Gasteiger partial charge in [-0.15, -0.1) is 11.3 Å². The van der Waals surface area contributed by atoms with E-state index in [1.165, 1.54) is 11.3 Å². The van der Waals surface area contributed by atoms with Gasteiger partial charge in [0.15, 0.2) is 0 Å². The summed E-state index contributed by atoms with van der Waals surface area (Å²) in [5, 5.41) is 17.8. The SMILES string of the molecule is COC1CC(C)C(S(=O)(=O)NC(N)=NCCC[C@H](NC(=O)[C@@H]2CC[C@@H]3CC[C@@](CC4CCCCC4)(NC(=O)OC(C)(C)C)C(=O)N32)C(O)c2nc3ccccc3s2)C(C)C1C. The summed E-state index contributed by atoms with van der Waals surface area (Å²) in [7, 11) is -2.21. The minimum Gasteiger partial charge on any atom is -0.444 e. The molecule has 340 valence electrons. The van der Waals surface area contributed by atoms with Crippen molar-refractivity contribution in [2.24, 2.45) is 34.4 Å². The lowest BCUT2D eigenvalue weighted by Crippen LogP contribution is -2.67. The molecule has 6 N–H and O–H groups in total. The van der Waals surface area contributed by atoms with Crippen LogP contribution in [0.25, 0.3) is 10.2 Å². The number of aliphatic hydroxyl groups is 1. The maximum Gasteiger partial charge on any atom is 0.408 e. The van der Waals surface area contributed by atoms with Crippen LogP contribution in [0.4, 0.5) is 4.79 Å². The molecule has 2 saturated carbocycles. The normalized spacial score (nSPS) is 30.1. The lowest BCUT2D eigenvalue weighted by atomic mass is 9.74. The number of rotatable bonds is 14. The molecule has 61 heavy (non-hydrogen) atoms. The Morgan fingerprint density at radius 1 is 1.08 bits per heavy atom. The number of alkyl carbamates (subject to hydrolysis) is 1. The highest BCUT2D eigenvalue weighted by Gasteiger charge is 2.55. The second-order valence-electron chi connectivity index (χ2n) is 19.2. The van der Waals surface area contributed by atoms with Crippen molar-refractivity contribution in [3.63, 3.8) is 0 Å². The van der Waals surface area contributed by atoms with Gasteiger partial charge < -0.3 is 35.8 Å². The standard InChI is InChI=1S/C44H69N7O8S2/c1-26-24-34(58-7)27(2)28(3)37(26)61(56,57)50-41(45)46-23-13-17-32(36(52)39-48-31-16-11-12-18-35(31)60-39)47-38(53)33-20-19-30-21-22-44(40(54)51(30)33,25-29-14-9-8-10-15-29)49-42(55)59-43(4,5)6/h11-12,16,18,26-30,32-34,36-37,52H,8-10,13-15,17,19-25H2,1-7H3,(H,47,53)(H,49,55)(H3,45,46,50)/t26?,27?,28?,30-,32+,33+,34?,36?,37?,44+/m1/s1. The Hall–Kier alpha value is -3.54. The lowest BCUT2D eigenvalue weighted by molar-refractivity contribution is -0.151. The first-order valence-electron chi connectivity index (χ1n) is 22.3. The number of amides is 3. The van der Waals surface area contributed by atoms with Gasteiger partial charge in [0.1, 0.15) is 28.3 Å². The van der Waals surface area contributed by atoms with Crippen molar-refractivity contribution in [3.8, 4) is 0 Å². The predicted molar refractivity (Wildman–Crippen MR) is 237 cm³/mol. The van der Waals surface area contributed by atoms with Crippen molar-refractivity contribution < 1.29 is 37.4 Å². The van der Waals surface area contributed by atoms with Crippen LogP contribution in [-0.2, 0) is 29.1 Å². The number of aliphatic imine (C=N–C) groups is 1. The third kappa shape index (κ3) is 11.0. The highest BCUT2D eigenvalue weighted by Crippen LogP contribution is 2.43. The number of nitrogens with one attached hydrogen (secondary N) is 3. The van der Waals surface area contributed by atoms with E-state index in [4.69, 9.17) is 15.2 Å². The highest BCUT2D eigenvalue weighted by molar-refractivity contribution is 7.90. The van der Waals surface area contributed by atoms with Gasteiger partial charge in [-0.25, -0.2) is 18.2 Å². The molecule has 2 aliphatic carbocycles. The van der Waals surface area contributed by atoms with Crippen molar-refractivity contribution in [2.45, 2.75) is 172 Å². The number of aliphatic hydroxyl groups excluding tert-OH is 1. The number of methoxy groups -OCH3 is 1. The Kier molecular flexibility index (Phi) is 15.0. The summed E-state index contributed by atoms with van der Waals surface area (Å²) in [4.78, 5) is 53.4. The maximum atomic E-state index is 14.9. The number of para-hydroxylation sites is 1. The molecule has 2 saturated heterocycles. The molecule has 2 aromatic rings. The van der Waals surface area contributed by atoms with Crippen LogP contribution in [0.1, 0.15) is 136 Å². The zero-order valence-electron chi connectivity index (χ0n) is 37.0. The van der Waals surface area contributed by atoms with Gasteiger partial charge in [0.25, 0.3) is 0 Å². The average Bonchev–Trinajstić information content (AvgIpc) is 3.83. The zero-order chi connectivity index (χ0) is 44.3.